The molecule has 0 radical (unpaired) electrons. The smallest absolute Gasteiger partial charge is 0.337 e. The average molecular weight is 737 g/mol. The monoisotopic (exact) mass is 736 g/mol. The Kier molecular flexibility index (Phi) is 9.75. The van der Waals surface area contributed by atoms with Crippen molar-refractivity contribution in [2.45, 2.75) is 111 Å². The number of nitrogens with one attached hydrogen (secondary N) is 3. The number of ether oxygens (including phenoxy) is 1. The molecule has 2 aliphatic heterocycles. The molecule has 1 aromatic rings. The molecule has 6 aliphatic rings. The van der Waals surface area contributed by atoms with E-state index in [1.807, 2.05) is 12.1 Å². The lowest BCUT2D eigenvalue weighted by molar-refractivity contribution is -0.221. The molecule has 2 saturated heterocycles. The molecular formula is C43H68N4O4S. The van der Waals surface area contributed by atoms with Crippen LogP contribution in [-0.4, -0.2) is 94.8 Å². The average Bonchev–Trinajstić information content (AvgIpc) is 3.41. The predicted molar refractivity (Wildman–Crippen MR) is 211 cm³/mol. The van der Waals surface area contributed by atoms with Crippen LogP contribution in [0.5, 0.6) is 0 Å². The molecule has 1 aromatic carbocycles. The first-order valence-electron chi connectivity index (χ1n) is 20.4. The summed E-state index contributed by atoms with van der Waals surface area (Å²) >= 11 is 0. The molecule has 3 N–H and O–H groups in total. The number of nitrogens with zero attached hydrogens (tertiary/aromatic N) is 1. The van der Waals surface area contributed by atoms with E-state index >= 15 is 0 Å². The molecule has 3 saturated carbocycles. The van der Waals surface area contributed by atoms with Gasteiger partial charge in [0.25, 0.3) is 0 Å². The number of hydrogen-bond donors (Lipinski definition) is 3. The summed E-state index contributed by atoms with van der Waals surface area (Å²) in [5, 5.41) is 12.0. The van der Waals surface area contributed by atoms with Crippen LogP contribution in [0.1, 0.15) is 109 Å². The maximum Gasteiger partial charge on any atom is 0.337 e. The normalized spacial score (nSPS) is 42.9. The van der Waals surface area contributed by atoms with Gasteiger partial charge in [0.05, 0.1) is 24.2 Å². The van der Waals surface area contributed by atoms with Crippen LogP contribution in [0.4, 0.5) is 0 Å². The van der Waals surface area contributed by atoms with E-state index in [-0.39, 0.29) is 38.7 Å². The summed E-state index contributed by atoms with van der Waals surface area (Å²) in [6.07, 6.45) is 11.2. The Hall–Kier alpha value is -1.78. The fourth-order valence-electron chi connectivity index (χ4n) is 14.1. The summed E-state index contributed by atoms with van der Waals surface area (Å²) < 4.78 is 29.1. The molecule has 10 unspecified atom stereocenters. The molecule has 0 bridgehead atoms. The highest BCUT2D eigenvalue weighted by molar-refractivity contribution is 7.91. The molecule has 0 amide bonds. The number of carbonyl (C=O) groups is 1. The fourth-order valence-corrected chi connectivity index (χ4v) is 15.3. The number of hydrogen-bond acceptors (Lipinski definition) is 8. The van der Waals surface area contributed by atoms with Gasteiger partial charge in [0.15, 0.2) is 9.84 Å². The molecular weight excluding hydrogens is 669 g/mol. The zero-order valence-corrected chi connectivity index (χ0v) is 34.5. The van der Waals surface area contributed by atoms with Crippen LogP contribution in [0.15, 0.2) is 30.3 Å². The molecule has 0 aromatic heterocycles. The lowest BCUT2D eigenvalue weighted by Gasteiger charge is -2.73. The summed E-state index contributed by atoms with van der Waals surface area (Å²) in [6, 6.07) is 8.42. The number of carbonyl (C=O) groups excluding carboxylic acids is 1. The molecule has 52 heavy (non-hydrogen) atoms. The van der Waals surface area contributed by atoms with Gasteiger partial charge in [-0.3, -0.25) is 0 Å². The van der Waals surface area contributed by atoms with E-state index in [4.69, 9.17) is 4.74 Å². The molecule has 8 nitrogen and oxygen atoms in total. The van der Waals surface area contributed by atoms with Crippen LogP contribution in [0.25, 0.3) is 5.57 Å². The second-order valence-electron chi connectivity index (χ2n) is 19.5. The van der Waals surface area contributed by atoms with Crippen LogP contribution in [0.3, 0.4) is 0 Å². The highest BCUT2D eigenvalue weighted by atomic mass is 32.2. The largest absolute Gasteiger partial charge is 0.465 e. The van der Waals surface area contributed by atoms with Crippen molar-refractivity contribution in [3.8, 4) is 0 Å². The minimum atomic E-state index is -2.88. The quantitative estimate of drug-likeness (QED) is 0.273. The Balaban J connectivity index is 1.17. The molecule has 7 rings (SSSR count). The van der Waals surface area contributed by atoms with Crippen molar-refractivity contribution >= 4 is 21.4 Å². The SMILES string of the molecule is CNC(C)C1(C)NCC2(NCCN3CCS(=O)(=O)CC3)CCC3(C)C(CCC4C5(C)CC=C(c6ccc(C(=O)OC)cc6)C(C)(C)C5CCC43C)C21. The second-order valence-corrected chi connectivity index (χ2v) is 21.8. The van der Waals surface area contributed by atoms with Crippen molar-refractivity contribution in [1.29, 1.82) is 0 Å². The molecule has 5 fully saturated rings. The first-order chi connectivity index (χ1) is 24.4. The first-order valence-corrected chi connectivity index (χ1v) is 22.2. The molecule has 0 spiro atoms. The lowest BCUT2D eigenvalue weighted by atomic mass is 9.32. The Morgan fingerprint density at radius 1 is 0.962 bits per heavy atom. The van der Waals surface area contributed by atoms with Crippen molar-refractivity contribution in [1.82, 2.24) is 20.9 Å². The third-order valence-corrected chi connectivity index (χ3v) is 18.9. The number of sulfone groups is 1. The minimum Gasteiger partial charge on any atom is -0.465 e. The van der Waals surface area contributed by atoms with Gasteiger partial charge in [-0.15, -0.1) is 0 Å². The number of esters is 1. The molecule has 2 heterocycles. The second kappa shape index (κ2) is 13.2. The number of likely N-dealkylation sites (N-methyl/N-ethyl adjacent to an activating group) is 1. The third kappa shape index (κ3) is 5.71. The molecule has 4 aliphatic carbocycles. The third-order valence-electron chi connectivity index (χ3n) is 17.3. The topological polar surface area (TPSA) is 99.8 Å². The molecule has 290 valence electrons. The number of rotatable bonds is 8. The van der Waals surface area contributed by atoms with E-state index in [0.29, 0.717) is 59.9 Å². The van der Waals surface area contributed by atoms with Crippen LogP contribution in [-0.2, 0) is 14.6 Å². The van der Waals surface area contributed by atoms with E-state index < -0.39 is 9.84 Å². The number of allylic oxidation sites excluding steroid dienone is 2. The summed E-state index contributed by atoms with van der Waals surface area (Å²) in [5.74, 6) is 2.66. The standard InChI is InChI=1S/C43H68N4O4S/c1-29(44-8)42(7)36-33-14-15-35-39(4)18-16-32(30-10-12-31(13-11-30)37(48)51-9)38(2,3)34(39)17-19-41(35,6)40(33,5)20-21-43(36,28-46-42)45-22-23-47-24-26-52(49,50)27-25-47/h10-13,16,29,33-36,44-46H,14-15,17-28H2,1-9H3. The molecule has 9 heteroatoms. The number of fused-ring (bicyclic) bond motifs is 7. The van der Waals surface area contributed by atoms with Crippen LogP contribution in [0.2, 0.25) is 0 Å². The fraction of sp³-hybridized carbons (Fsp3) is 0.791. The van der Waals surface area contributed by atoms with Gasteiger partial charge in [-0.25, -0.2) is 13.2 Å². The zero-order valence-electron chi connectivity index (χ0n) is 33.7. The summed E-state index contributed by atoms with van der Waals surface area (Å²) in [4.78, 5) is 14.5. The zero-order chi connectivity index (χ0) is 37.5. The Morgan fingerprint density at radius 3 is 2.31 bits per heavy atom. The van der Waals surface area contributed by atoms with Crippen molar-refractivity contribution in [2.75, 3.05) is 58.4 Å². The van der Waals surface area contributed by atoms with Gasteiger partial charge in [0, 0.05) is 55.8 Å². The number of benzene rings is 1. The van der Waals surface area contributed by atoms with Crippen LogP contribution >= 0.6 is 0 Å². The first kappa shape index (κ1) is 38.5. The van der Waals surface area contributed by atoms with Crippen molar-refractivity contribution in [2.24, 2.45) is 45.3 Å². The van der Waals surface area contributed by atoms with E-state index in [2.05, 4.69) is 94.6 Å². The highest BCUT2D eigenvalue weighted by Crippen LogP contribution is 2.76. The van der Waals surface area contributed by atoms with Crippen LogP contribution < -0.4 is 16.0 Å². The molecule has 10 atom stereocenters. The van der Waals surface area contributed by atoms with E-state index in [9.17, 15) is 13.2 Å². The van der Waals surface area contributed by atoms with Crippen molar-refractivity contribution in [3.63, 3.8) is 0 Å². The van der Waals surface area contributed by atoms with Gasteiger partial charge < -0.3 is 25.6 Å². The van der Waals surface area contributed by atoms with Gasteiger partial charge in [-0.1, -0.05) is 52.8 Å². The van der Waals surface area contributed by atoms with Gasteiger partial charge in [0.2, 0.25) is 0 Å². The van der Waals surface area contributed by atoms with Crippen LogP contribution in [0, 0.1) is 45.3 Å². The maximum absolute atomic E-state index is 12.2. The predicted octanol–water partition coefficient (Wildman–Crippen LogP) is 6.18. The number of methoxy groups -OCH3 is 1. The van der Waals surface area contributed by atoms with Crippen molar-refractivity contribution < 1.29 is 17.9 Å². The Labute approximate surface area is 315 Å². The Morgan fingerprint density at radius 2 is 1.65 bits per heavy atom. The van der Waals surface area contributed by atoms with E-state index in [1.54, 1.807) is 0 Å². The van der Waals surface area contributed by atoms with Gasteiger partial charge in [-0.05, 0) is 129 Å². The maximum atomic E-state index is 12.2. The van der Waals surface area contributed by atoms with Gasteiger partial charge >= 0.3 is 5.97 Å². The Bertz CT molecular complexity index is 1660. The lowest BCUT2D eigenvalue weighted by Crippen LogP contribution is -2.71. The van der Waals surface area contributed by atoms with Crippen molar-refractivity contribution in [3.05, 3.63) is 41.5 Å². The highest BCUT2D eigenvalue weighted by Gasteiger charge is 2.72. The summed E-state index contributed by atoms with van der Waals surface area (Å²) in [7, 11) is 0.689. The summed E-state index contributed by atoms with van der Waals surface area (Å²) in [5.41, 5.74) is 4.01. The minimum absolute atomic E-state index is 0.0270. The van der Waals surface area contributed by atoms with Gasteiger partial charge in [0.1, 0.15) is 0 Å². The van der Waals surface area contributed by atoms with E-state index in [0.717, 1.165) is 26.1 Å². The van der Waals surface area contributed by atoms with E-state index in [1.165, 1.54) is 56.8 Å². The summed E-state index contributed by atoms with van der Waals surface area (Å²) in [6.45, 7) is 22.1. The van der Waals surface area contributed by atoms with Gasteiger partial charge in [-0.2, -0.15) is 0 Å².